The zero-order chi connectivity index (χ0) is 19.9. The lowest BCUT2D eigenvalue weighted by Crippen LogP contribution is -2.05. The molecule has 0 bridgehead atoms. The number of nitrogens with zero attached hydrogens (tertiary/aromatic N) is 3. The summed E-state index contributed by atoms with van der Waals surface area (Å²) < 4.78 is 3.15. The van der Waals surface area contributed by atoms with Crippen molar-refractivity contribution in [3.8, 4) is 11.1 Å². The molecule has 0 saturated heterocycles. The molecule has 0 radical (unpaired) electrons. The number of hydrogen-bond donors (Lipinski definition) is 2. The number of rotatable bonds is 8. The molecule has 7 heteroatoms. The number of pyridine rings is 1. The van der Waals surface area contributed by atoms with Gasteiger partial charge in [-0.2, -0.15) is 0 Å². The maximum atomic E-state index is 6.15. The van der Waals surface area contributed by atoms with Crippen LogP contribution in [0.3, 0.4) is 0 Å². The van der Waals surface area contributed by atoms with Gasteiger partial charge in [0.15, 0.2) is 5.15 Å². The molecule has 0 fully saturated rings. The molecule has 0 unspecified atom stereocenters. The van der Waals surface area contributed by atoms with E-state index >= 15 is 0 Å². The van der Waals surface area contributed by atoms with Gasteiger partial charge in [0.05, 0.1) is 11.2 Å². The third-order valence-corrected chi connectivity index (χ3v) is 4.70. The molecule has 5 nitrogen and oxygen atoms in total. The van der Waals surface area contributed by atoms with E-state index in [2.05, 4.69) is 38.1 Å². The summed E-state index contributed by atoms with van der Waals surface area (Å²) in [6.45, 7) is 8.26. The third kappa shape index (κ3) is 4.71. The highest BCUT2D eigenvalue weighted by Gasteiger charge is 2.09. The van der Waals surface area contributed by atoms with E-state index in [0.717, 1.165) is 39.1 Å². The maximum Gasteiger partial charge on any atom is 0.152 e. The molecule has 0 spiro atoms. The Bertz CT molecular complexity index is 1050. The van der Waals surface area contributed by atoms with Crippen molar-refractivity contribution in [2.24, 2.45) is 0 Å². The van der Waals surface area contributed by atoms with E-state index in [1.54, 1.807) is 18.6 Å². The lowest BCUT2D eigenvalue weighted by Gasteiger charge is -2.11. The number of hydrogen-bond acceptors (Lipinski definition) is 6. The molecule has 2 N–H and O–H groups in total. The van der Waals surface area contributed by atoms with Crippen molar-refractivity contribution in [2.45, 2.75) is 0 Å². The third-order valence-electron chi connectivity index (χ3n) is 3.97. The van der Waals surface area contributed by atoms with Crippen LogP contribution in [0.2, 0.25) is 5.15 Å². The van der Waals surface area contributed by atoms with E-state index in [-0.39, 0.29) is 0 Å². The SMILES string of the molecule is C=C/C=C\C(=C)CNc1ncnc2ccc(-c3cnc(Cl)c(NSC)c3)cc12. The first-order chi connectivity index (χ1) is 13.6. The molecule has 0 saturated carbocycles. The largest absolute Gasteiger partial charge is 0.365 e. The summed E-state index contributed by atoms with van der Waals surface area (Å²) in [6, 6.07) is 8.01. The summed E-state index contributed by atoms with van der Waals surface area (Å²) in [6.07, 6.45) is 10.7. The van der Waals surface area contributed by atoms with Crippen molar-refractivity contribution in [3.05, 3.63) is 78.9 Å². The average Bonchev–Trinajstić information content (AvgIpc) is 2.72. The minimum atomic E-state index is 0.440. The Morgan fingerprint density at radius 1 is 1.21 bits per heavy atom. The molecule has 0 aliphatic carbocycles. The molecule has 0 aliphatic heterocycles. The van der Waals surface area contributed by atoms with E-state index in [4.69, 9.17) is 11.6 Å². The number of benzene rings is 1. The van der Waals surface area contributed by atoms with Crippen LogP contribution < -0.4 is 10.0 Å². The molecule has 1 aromatic carbocycles. The van der Waals surface area contributed by atoms with Gasteiger partial charge in [-0.1, -0.05) is 61.0 Å². The Labute approximate surface area is 173 Å². The van der Waals surface area contributed by atoms with Crippen molar-refractivity contribution in [1.29, 1.82) is 0 Å². The van der Waals surface area contributed by atoms with Gasteiger partial charge in [0, 0.05) is 29.9 Å². The first-order valence-corrected chi connectivity index (χ1v) is 10.1. The molecule has 0 aliphatic rings. The molecular formula is C21H20ClN5S. The molecule has 28 heavy (non-hydrogen) atoms. The second-order valence-corrected chi connectivity index (χ2v) is 6.90. The summed E-state index contributed by atoms with van der Waals surface area (Å²) in [7, 11) is 0. The molecular weight excluding hydrogens is 390 g/mol. The van der Waals surface area contributed by atoms with E-state index in [0.29, 0.717) is 11.7 Å². The van der Waals surface area contributed by atoms with Crippen LogP contribution >= 0.6 is 23.5 Å². The zero-order valence-electron chi connectivity index (χ0n) is 15.4. The van der Waals surface area contributed by atoms with E-state index in [9.17, 15) is 0 Å². The number of fused-ring (bicyclic) bond motifs is 1. The van der Waals surface area contributed by atoms with Crippen molar-refractivity contribution in [3.63, 3.8) is 0 Å². The number of anilines is 2. The Hall–Kier alpha value is -2.83. The molecule has 0 atom stereocenters. The van der Waals surface area contributed by atoms with Crippen LogP contribution in [0.5, 0.6) is 0 Å². The van der Waals surface area contributed by atoms with Crippen LogP contribution in [0.4, 0.5) is 11.5 Å². The van der Waals surface area contributed by atoms with Gasteiger partial charge in [0.1, 0.15) is 12.1 Å². The van der Waals surface area contributed by atoms with E-state index < -0.39 is 0 Å². The highest BCUT2D eigenvalue weighted by molar-refractivity contribution is 7.99. The second kappa shape index (κ2) is 9.39. The van der Waals surface area contributed by atoms with Gasteiger partial charge in [-0.05, 0) is 29.3 Å². The molecule has 2 aromatic heterocycles. The number of halogens is 1. The van der Waals surface area contributed by atoms with Crippen LogP contribution in [0.15, 0.2) is 73.7 Å². The maximum absolute atomic E-state index is 6.15. The van der Waals surface area contributed by atoms with Gasteiger partial charge in [0.25, 0.3) is 0 Å². The van der Waals surface area contributed by atoms with Gasteiger partial charge in [-0.3, -0.25) is 0 Å². The van der Waals surface area contributed by atoms with Gasteiger partial charge in [-0.15, -0.1) is 0 Å². The van der Waals surface area contributed by atoms with Crippen LogP contribution in [-0.2, 0) is 0 Å². The Kier molecular flexibility index (Phi) is 6.68. The summed E-state index contributed by atoms with van der Waals surface area (Å²) in [5.74, 6) is 0.754. The Balaban J connectivity index is 1.94. The Morgan fingerprint density at radius 3 is 2.86 bits per heavy atom. The van der Waals surface area contributed by atoms with Crippen molar-refractivity contribution in [1.82, 2.24) is 15.0 Å². The van der Waals surface area contributed by atoms with Crippen molar-refractivity contribution < 1.29 is 0 Å². The van der Waals surface area contributed by atoms with E-state index in [1.165, 1.54) is 11.9 Å². The first kappa shape index (κ1) is 19.9. The lowest BCUT2D eigenvalue weighted by atomic mass is 10.0. The van der Waals surface area contributed by atoms with Gasteiger partial charge in [0.2, 0.25) is 0 Å². The summed E-state index contributed by atoms with van der Waals surface area (Å²) >= 11 is 7.62. The number of allylic oxidation sites excluding steroid dienone is 2. The fourth-order valence-electron chi connectivity index (χ4n) is 2.62. The standard InChI is InChI=1S/C21H20ClN5S/c1-4-5-6-14(2)11-24-21-17-9-15(7-8-18(17)25-13-26-21)16-10-19(27-28-3)20(22)23-12-16/h4-10,12-13,27H,1-2,11H2,3H3,(H,24,25,26)/b6-5-. The van der Waals surface area contributed by atoms with Gasteiger partial charge >= 0.3 is 0 Å². The molecule has 3 rings (SSSR count). The molecule has 0 amide bonds. The lowest BCUT2D eigenvalue weighted by molar-refractivity contribution is 1.17. The molecule has 2 heterocycles. The highest BCUT2D eigenvalue weighted by atomic mass is 35.5. The van der Waals surface area contributed by atoms with Crippen LogP contribution in [-0.4, -0.2) is 27.8 Å². The Morgan fingerprint density at radius 2 is 2.07 bits per heavy atom. The fourth-order valence-corrected chi connectivity index (χ4v) is 3.21. The molecule has 142 valence electrons. The quantitative estimate of drug-likeness (QED) is 0.281. The summed E-state index contributed by atoms with van der Waals surface area (Å²) in [5.41, 5.74) is 4.52. The minimum Gasteiger partial charge on any atom is -0.365 e. The zero-order valence-corrected chi connectivity index (χ0v) is 17.0. The topological polar surface area (TPSA) is 62.7 Å². The monoisotopic (exact) mass is 409 g/mol. The highest BCUT2D eigenvalue weighted by Crippen LogP contribution is 2.31. The minimum absolute atomic E-state index is 0.440. The smallest absolute Gasteiger partial charge is 0.152 e. The summed E-state index contributed by atoms with van der Waals surface area (Å²) in [5, 5.41) is 4.69. The van der Waals surface area contributed by atoms with E-state index in [1.807, 2.05) is 42.7 Å². The second-order valence-electron chi connectivity index (χ2n) is 5.93. The fraction of sp³-hybridized carbons (Fsp3) is 0.0952. The van der Waals surface area contributed by atoms with Crippen molar-refractivity contribution >= 4 is 46.0 Å². The predicted octanol–water partition coefficient (Wildman–Crippen LogP) is 5.75. The normalized spacial score (nSPS) is 10.9. The van der Waals surface area contributed by atoms with Crippen LogP contribution in [0.25, 0.3) is 22.0 Å². The van der Waals surface area contributed by atoms with Crippen LogP contribution in [0.1, 0.15) is 0 Å². The average molecular weight is 410 g/mol. The van der Waals surface area contributed by atoms with Gasteiger partial charge < -0.3 is 10.0 Å². The van der Waals surface area contributed by atoms with Crippen molar-refractivity contribution in [2.75, 3.05) is 22.8 Å². The first-order valence-electron chi connectivity index (χ1n) is 8.53. The van der Waals surface area contributed by atoms with Crippen LogP contribution in [0, 0.1) is 0 Å². The number of aromatic nitrogens is 3. The predicted molar refractivity (Wildman–Crippen MR) is 122 cm³/mol. The summed E-state index contributed by atoms with van der Waals surface area (Å²) in [4.78, 5) is 13.0. The number of nitrogens with one attached hydrogen (secondary N) is 2. The van der Waals surface area contributed by atoms with Gasteiger partial charge in [-0.25, -0.2) is 15.0 Å². The molecule has 3 aromatic rings.